The number of benzene rings is 1. The lowest BCUT2D eigenvalue weighted by molar-refractivity contribution is 0.0697. The summed E-state index contributed by atoms with van der Waals surface area (Å²) in [5.74, 6) is -0.628. The lowest BCUT2D eigenvalue weighted by atomic mass is 10.2. The normalized spacial score (nSPS) is 10.2. The maximum atomic E-state index is 11.0. The Morgan fingerprint density at radius 1 is 1.42 bits per heavy atom. The van der Waals surface area contributed by atoms with Crippen LogP contribution in [0.25, 0.3) is 0 Å². The topological polar surface area (TPSA) is 62.2 Å². The summed E-state index contributed by atoms with van der Waals surface area (Å²) < 4.78 is 0. The van der Waals surface area contributed by atoms with Gasteiger partial charge in [0.05, 0.1) is 16.3 Å². The van der Waals surface area contributed by atoms with E-state index < -0.39 is 5.97 Å². The molecule has 0 aliphatic carbocycles. The number of carbonyl (C=O) groups is 1. The standard InChI is InChI=1S/C13H11ClN2O2S/c1-19-11-5-3-2-4-10(11)16-12-6-8(13(17)18)9(14)7-15-12/h2-7H,1H3,(H,15,16)(H,17,18). The number of nitrogens with zero attached hydrogens (tertiary/aromatic N) is 1. The van der Waals surface area contributed by atoms with Gasteiger partial charge in [-0.25, -0.2) is 9.78 Å². The van der Waals surface area contributed by atoms with Gasteiger partial charge in [0, 0.05) is 11.1 Å². The summed E-state index contributed by atoms with van der Waals surface area (Å²) in [7, 11) is 0. The first kappa shape index (κ1) is 13.7. The number of rotatable bonds is 4. The van der Waals surface area contributed by atoms with Crippen molar-refractivity contribution in [3.8, 4) is 0 Å². The van der Waals surface area contributed by atoms with Gasteiger partial charge < -0.3 is 10.4 Å². The highest BCUT2D eigenvalue weighted by molar-refractivity contribution is 7.98. The van der Waals surface area contributed by atoms with Crippen molar-refractivity contribution in [2.45, 2.75) is 4.90 Å². The molecular weight excluding hydrogens is 284 g/mol. The Morgan fingerprint density at radius 3 is 2.84 bits per heavy atom. The van der Waals surface area contributed by atoms with Gasteiger partial charge >= 0.3 is 5.97 Å². The quantitative estimate of drug-likeness (QED) is 0.837. The summed E-state index contributed by atoms with van der Waals surface area (Å²) in [4.78, 5) is 16.1. The van der Waals surface area contributed by atoms with E-state index in [-0.39, 0.29) is 10.6 Å². The number of hydrogen-bond acceptors (Lipinski definition) is 4. The number of anilines is 2. The van der Waals surface area contributed by atoms with Crippen LogP contribution in [0.1, 0.15) is 10.4 Å². The number of hydrogen-bond donors (Lipinski definition) is 2. The zero-order valence-electron chi connectivity index (χ0n) is 10.1. The van der Waals surface area contributed by atoms with Gasteiger partial charge in [0.15, 0.2) is 0 Å². The van der Waals surface area contributed by atoms with Crippen molar-refractivity contribution in [2.24, 2.45) is 0 Å². The van der Waals surface area contributed by atoms with Crippen LogP contribution in [0.2, 0.25) is 5.02 Å². The SMILES string of the molecule is CSc1ccccc1Nc1cc(C(=O)O)c(Cl)cn1. The van der Waals surface area contributed by atoms with Crippen molar-refractivity contribution in [3.63, 3.8) is 0 Å². The number of aromatic carboxylic acids is 1. The molecule has 2 aromatic rings. The van der Waals surface area contributed by atoms with Crippen LogP contribution < -0.4 is 5.32 Å². The number of carboxylic acid groups (broad SMARTS) is 1. The van der Waals surface area contributed by atoms with Gasteiger partial charge in [0.25, 0.3) is 0 Å². The van der Waals surface area contributed by atoms with E-state index in [2.05, 4.69) is 10.3 Å². The molecule has 0 spiro atoms. The molecule has 1 aromatic heterocycles. The number of para-hydroxylation sites is 1. The van der Waals surface area contributed by atoms with Crippen molar-refractivity contribution >= 4 is 40.8 Å². The molecule has 0 unspecified atom stereocenters. The zero-order chi connectivity index (χ0) is 13.8. The van der Waals surface area contributed by atoms with E-state index in [0.717, 1.165) is 10.6 Å². The molecule has 0 radical (unpaired) electrons. The molecule has 0 amide bonds. The number of nitrogens with one attached hydrogen (secondary N) is 1. The molecular formula is C13H11ClN2O2S. The minimum Gasteiger partial charge on any atom is -0.478 e. The smallest absolute Gasteiger partial charge is 0.337 e. The van der Waals surface area contributed by atoms with E-state index in [1.54, 1.807) is 11.8 Å². The van der Waals surface area contributed by atoms with Crippen LogP contribution in [0.15, 0.2) is 41.4 Å². The Hall–Kier alpha value is -1.72. The first-order chi connectivity index (χ1) is 9.11. The maximum absolute atomic E-state index is 11.0. The van der Waals surface area contributed by atoms with Gasteiger partial charge in [0.1, 0.15) is 5.82 Å². The summed E-state index contributed by atoms with van der Waals surface area (Å²) >= 11 is 7.37. The molecule has 1 heterocycles. The first-order valence-electron chi connectivity index (χ1n) is 5.40. The highest BCUT2D eigenvalue weighted by Crippen LogP contribution is 2.28. The monoisotopic (exact) mass is 294 g/mol. The lowest BCUT2D eigenvalue weighted by Gasteiger charge is -2.10. The van der Waals surface area contributed by atoms with Crippen molar-refractivity contribution in [2.75, 3.05) is 11.6 Å². The molecule has 0 aliphatic heterocycles. The number of pyridine rings is 1. The number of halogens is 1. The fraction of sp³-hybridized carbons (Fsp3) is 0.0769. The zero-order valence-corrected chi connectivity index (χ0v) is 11.6. The Labute approximate surface area is 119 Å². The molecule has 2 N–H and O–H groups in total. The van der Waals surface area contributed by atoms with E-state index in [1.807, 2.05) is 30.5 Å². The number of aromatic nitrogens is 1. The molecule has 4 nitrogen and oxygen atoms in total. The Kier molecular flexibility index (Phi) is 4.29. The van der Waals surface area contributed by atoms with Crippen LogP contribution in [-0.2, 0) is 0 Å². The van der Waals surface area contributed by atoms with Crippen LogP contribution in [0.4, 0.5) is 11.5 Å². The molecule has 0 aliphatic rings. The van der Waals surface area contributed by atoms with Crippen molar-refractivity contribution in [1.82, 2.24) is 4.98 Å². The average molecular weight is 295 g/mol. The van der Waals surface area contributed by atoms with E-state index in [4.69, 9.17) is 16.7 Å². The summed E-state index contributed by atoms with van der Waals surface area (Å²) in [6.45, 7) is 0. The van der Waals surface area contributed by atoms with Crippen LogP contribution in [0.3, 0.4) is 0 Å². The van der Waals surface area contributed by atoms with Crippen molar-refractivity contribution < 1.29 is 9.90 Å². The van der Waals surface area contributed by atoms with Crippen LogP contribution >= 0.6 is 23.4 Å². The molecule has 19 heavy (non-hydrogen) atoms. The molecule has 6 heteroatoms. The highest BCUT2D eigenvalue weighted by Gasteiger charge is 2.11. The molecule has 2 rings (SSSR count). The van der Waals surface area contributed by atoms with Gasteiger partial charge in [-0.15, -0.1) is 11.8 Å². The Balaban J connectivity index is 2.33. The molecule has 0 fully saturated rings. The van der Waals surface area contributed by atoms with E-state index >= 15 is 0 Å². The molecule has 98 valence electrons. The van der Waals surface area contributed by atoms with Crippen LogP contribution in [0, 0.1) is 0 Å². The van der Waals surface area contributed by atoms with Gasteiger partial charge in [-0.3, -0.25) is 0 Å². The van der Waals surface area contributed by atoms with Crippen LogP contribution in [0.5, 0.6) is 0 Å². The third kappa shape index (κ3) is 3.19. The molecule has 0 bridgehead atoms. The van der Waals surface area contributed by atoms with Crippen LogP contribution in [-0.4, -0.2) is 22.3 Å². The highest BCUT2D eigenvalue weighted by atomic mass is 35.5. The minimum atomic E-state index is -1.08. The van der Waals surface area contributed by atoms with Gasteiger partial charge in [-0.05, 0) is 24.5 Å². The molecule has 0 saturated heterocycles. The molecule has 0 saturated carbocycles. The number of thioether (sulfide) groups is 1. The fourth-order valence-corrected chi connectivity index (χ4v) is 2.29. The predicted molar refractivity (Wildman–Crippen MR) is 77.7 cm³/mol. The van der Waals surface area contributed by atoms with E-state index in [9.17, 15) is 4.79 Å². The average Bonchev–Trinajstić information content (AvgIpc) is 2.41. The largest absolute Gasteiger partial charge is 0.478 e. The van der Waals surface area contributed by atoms with E-state index in [0.29, 0.717) is 5.82 Å². The van der Waals surface area contributed by atoms with Gasteiger partial charge in [-0.2, -0.15) is 0 Å². The second-order valence-electron chi connectivity index (χ2n) is 3.68. The first-order valence-corrected chi connectivity index (χ1v) is 7.01. The van der Waals surface area contributed by atoms with Gasteiger partial charge in [-0.1, -0.05) is 23.7 Å². The molecule has 1 aromatic carbocycles. The Morgan fingerprint density at radius 2 is 2.16 bits per heavy atom. The number of carboxylic acids is 1. The fourth-order valence-electron chi connectivity index (χ4n) is 1.56. The summed E-state index contributed by atoms with van der Waals surface area (Å²) in [5.41, 5.74) is 0.905. The Bertz CT molecular complexity index is 619. The second-order valence-corrected chi connectivity index (χ2v) is 4.94. The third-order valence-electron chi connectivity index (χ3n) is 2.46. The summed E-state index contributed by atoms with van der Waals surface area (Å²) in [6, 6.07) is 9.14. The minimum absolute atomic E-state index is 0.0285. The predicted octanol–water partition coefficient (Wildman–Crippen LogP) is 3.90. The lowest BCUT2D eigenvalue weighted by Crippen LogP contribution is -2.01. The molecule has 0 atom stereocenters. The van der Waals surface area contributed by atoms with Crippen molar-refractivity contribution in [3.05, 3.63) is 47.1 Å². The van der Waals surface area contributed by atoms with Gasteiger partial charge in [0.2, 0.25) is 0 Å². The summed E-state index contributed by atoms with van der Waals surface area (Å²) in [6.07, 6.45) is 3.30. The summed E-state index contributed by atoms with van der Waals surface area (Å²) in [5, 5.41) is 12.2. The van der Waals surface area contributed by atoms with E-state index in [1.165, 1.54) is 12.3 Å². The maximum Gasteiger partial charge on any atom is 0.337 e. The van der Waals surface area contributed by atoms with Crippen molar-refractivity contribution in [1.29, 1.82) is 0 Å². The third-order valence-corrected chi connectivity index (χ3v) is 3.55. The second kappa shape index (κ2) is 5.95.